The second kappa shape index (κ2) is 4.75. The summed E-state index contributed by atoms with van der Waals surface area (Å²) in [6.45, 7) is 0. The minimum absolute atomic E-state index is 0.132. The highest BCUT2D eigenvalue weighted by Crippen LogP contribution is 2.31. The van der Waals surface area contributed by atoms with Crippen LogP contribution in [0.3, 0.4) is 0 Å². The normalized spacial score (nSPS) is 31.9. The first kappa shape index (κ1) is 14.1. The third kappa shape index (κ3) is 4.10. The molecule has 0 aromatic heterocycles. The van der Waals surface area contributed by atoms with Crippen molar-refractivity contribution in [1.29, 1.82) is 0 Å². The predicted octanol–water partition coefficient (Wildman–Crippen LogP) is 2.40. The Balaban J connectivity index is 2.85. The molecule has 1 saturated heterocycles. The van der Waals surface area contributed by atoms with Crippen LogP contribution in [0.2, 0.25) is 0 Å². The molecule has 1 fully saturated rings. The zero-order chi connectivity index (χ0) is 11.9. The molecule has 0 amide bonds. The lowest BCUT2D eigenvalue weighted by molar-refractivity contribution is 0.601. The molecule has 1 aliphatic rings. The molecule has 3 nitrogen and oxygen atoms in total. The zero-order valence-corrected chi connectivity index (χ0v) is 11.7. The van der Waals surface area contributed by atoms with Gasteiger partial charge in [-0.15, -0.1) is 11.6 Å². The van der Waals surface area contributed by atoms with E-state index >= 15 is 0 Å². The lowest BCUT2D eigenvalue weighted by atomic mass is 10.3. The molecule has 9 heteroatoms. The van der Waals surface area contributed by atoms with Crippen LogP contribution in [0.4, 0.5) is 0 Å². The van der Waals surface area contributed by atoms with Crippen LogP contribution in [0, 0.1) is 0 Å². The van der Waals surface area contributed by atoms with E-state index in [1.54, 1.807) is 0 Å². The first-order valence-corrected chi connectivity index (χ1v) is 7.54. The van der Waals surface area contributed by atoms with Gasteiger partial charge in [-0.2, -0.15) is 0 Å². The maximum atomic E-state index is 11.2. The fourth-order valence-electron chi connectivity index (χ4n) is 1.12. The average Bonchev–Trinajstić information content (AvgIpc) is 2.22. The standard InChI is InChI=1S/C6H6Cl5NO2S/c7-3-1-15(13,14)2-4(3)12-5(8)6(9,10)11/h3-4H,1-2H2/t3-,4+/m1/s1. The van der Waals surface area contributed by atoms with Crippen molar-refractivity contribution >= 4 is 73.0 Å². The fourth-order valence-corrected chi connectivity index (χ4v) is 3.89. The summed E-state index contributed by atoms with van der Waals surface area (Å²) in [5.41, 5.74) is 0. The molecule has 2 atom stereocenters. The summed E-state index contributed by atoms with van der Waals surface area (Å²) in [6.07, 6.45) is 0. The van der Waals surface area contributed by atoms with Gasteiger partial charge in [0.2, 0.25) is 3.79 Å². The molecule has 0 aliphatic carbocycles. The molecule has 0 aromatic carbocycles. The van der Waals surface area contributed by atoms with Gasteiger partial charge in [0.05, 0.1) is 22.9 Å². The summed E-state index contributed by atoms with van der Waals surface area (Å²) in [5, 5.41) is -0.906. The van der Waals surface area contributed by atoms with E-state index in [9.17, 15) is 8.42 Å². The van der Waals surface area contributed by atoms with Crippen molar-refractivity contribution in [2.75, 3.05) is 11.5 Å². The van der Waals surface area contributed by atoms with Gasteiger partial charge >= 0.3 is 0 Å². The molecular formula is C6H6Cl5NO2S. The molecule has 1 aliphatic heterocycles. The summed E-state index contributed by atoms with van der Waals surface area (Å²) in [4.78, 5) is 3.80. The monoisotopic (exact) mass is 331 g/mol. The summed E-state index contributed by atoms with van der Waals surface area (Å²) >= 11 is 27.7. The number of rotatable bonds is 1. The van der Waals surface area contributed by atoms with Crippen LogP contribution in [-0.4, -0.2) is 40.3 Å². The second-order valence-electron chi connectivity index (χ2n) is 3.08. The predicted molar refractivity (Wildman–Crippen MR) is 65.7 cm³/mol. The van der Waals surface area contributed by atoms with Gasteiger partial charge in [0.15, 0.2) is 15.0 Å². The first-order valence-electron chi connectivity index (χ1n) is 3.77. The van der Waals surface area contributed by atoms with E-state index in [4.69, 9.17) is 58.0 Å². The Kier molecular flexibility index (Phi) is 4.47. The Hall–Kier alpha value is 1.07. The van der Waals surface area contributed by atoms with Gasteiger partial charge in [0.25, 0.3) is 0 Å². The van der Waals surface area contributed by atoms with Crippen LogP contribution in [-0.2, 0) is 9.84 Å². The number of nitrogens with zero attached hydrogens (tertiary/aromatic N) is 1. The number of sulfone groups is 1. The molecule has 1 heterocycles. The van der Waals surface area contributed by atoms with Crippen molar-refractivity contribution in [3.8, 4) is 0 Å². The molecule has 1 rings (SSSR count). The molecule has 0 bridgehead atoms. The van der Waals surface area contributed by atoms with E-state index < -0.39 is 25.0 Å². The lowest BCUT2D eigenvalue weighted by Crippen LogP contribution is -2.22. The van der Waals surface area contributed by atoms with Crippen molar-refractivity contribution < 1.29 is 8.42 Å². The summed E-state index contributed by atoms with van der Waals surface area (Å²) < 4.78 is 20.5. The zero-order valence-electron chi connectivity index (χ0n) is 7.13. The van der Waals surface area contributed by atoms with Crippen LogP contribution in [0.1, 0.15) is 0 Å². The van der Waals surface area contributed by atoms with Crippen LogP contribution in [0.25, 0.3) is 0 Å². The van der Waals surface area contributed by atoms with Gasteiger partial charge in [0.1, 0.15) is 0 Å². The Morgan fingerprint density at radius 2 is 1.80 bits per heavy atom. The Labute approximate surface area is 113 Å². The summed E-state index contributed by atoms with van der Waals surface area (Å²) in [6, 6.07) is -0.653. The van der Waals surface area contributed by atoms with Gasteiger partial charge in [-0.05, 0) is 0 Å². The Bertz CT molecular complexity index is 373. The molecule has 0 spiro atoms. The van der Waals surface area contributed by atoms with E-state index in [2.05, 4.69) is 4.99 Å². The smallest absolute Gasteiger partial charge is 0.242 e. The molecule has 15 heavy (non-hydrogen) atoms. The SMILES string of the molecule is O=S1(=O)C[C@@H](Cl)[C@@H](N=C(Cl)C(Cl)(Cl)Cl)C1. The van der Waals surface area contributed by atoms with Crippen molar-refractivity contribution in [3.05, 3.63) is 0 Å². The van der Waals surface area contributed by atoms with Crippen LogP contribution in [0.5, 0.6) is 0 Å². The van der Waals surface area contributed by atoms with Gasteiger partial charge in [-0.25, -0.2) is 8.42 Å². The topological polar surface area (TPSA) is 46.5 Å². The highest BCUT2D eigenvalue weighted by Gasteiger charge is 2.38. The lowest BCUT2D eigenvalue weighted by Gasteiger charge is -2.12. The van der Waals surface area contributed by atoms with Gasteiger partial charge in [0, 0.05) is 0 Å². The van der Waals surface area contributed by atoms with Crippen LogP contribution in [0.15, 0.2) is 4.99 Å². The van der Waals surface area contributed by atoms with E-state index in [1.807, 2.05) is 0 Å². The number of halogens is 5. The third-order valence-electron chi connectivity index (χ3n) is 1.77. The van der Waals surface area contributed by atoms with Crippen molar-refractivity contribution in [1.82, 2.24) is 0 Å². The number of alkyl halides is 4. The molecule has 0 N–H and O–H groups in total. The second-order valence-corrected chi connectivity index (χ2v) is 8.43. The van der Waals surface area contributed by atoms with Gasteiger partial charge in [-0.1, -0.05) is 46.4 Å². The maximum Gasteiger partial charge on any atom is 0.242 e. The molecule has 88 valence electrons. The highest BCUT2D eigenvalue weighted by atomic mass is 35.6. The van der Waals surface area contributed by atoms with E-state index in [1.165, 1.54) is 0 Å². The van der Waals surface area contributed by atoms with E-state index in [-0.39, 0.29) is 16.7 Å². The van der Waals surface area contributed by atoms with Crippen molar-refractivity contribution in [3.63, 3.8) is 0 Å². The van der Waals surface area contributed by atoms with Gasteiger partial charge in [-0.3, -0.25) is 4.99 Å². The van der Waals surface area contributed by atoms with E-state index in [0.717, 1.165) is 0 Å². The van der Waals surface area contributed by atoms with Gasteiger partial charge < -0.3 is 0 Å². The Morgan fingerprint density at radius 3 is 2.13 bits per heavy atom. The molecule has 0 radical (unpaired) electrons. The number of hydrogen-bond donors (Lipinski definition) is 0. The maximum absolute atomic E-state index is 11.2. The molecule has 0 saturated carbocycles. The van der Waals surface area contributed by atoms with E-state index in [0.29, 0.717) is 0 Å². The quantitative estimate of drug-likeness (QED) is 0.546. The average molecular weight is 333 g/mol. The number of aliphatic imine (C=N–C) groups is 1. The molecule has 0 unspecified atom stereocenters. The summed E-state index contributed by atoms with van der Waals surface area (Å²) in [7, 11) is -3.16. The summed E-state index contributed by atoms with van der Waals surface area (Å²) in [5.74, 6) is -0.301. The van der Waals surface area contributed by atoms with Crippen molar-refractivity contribution in [2.45, 2.75) is 15.2 Å². The van der Waals surface area contributed by atoms with Crippen LogP contribution >= 0.6 is 58.0 Å². The third-order valence-corrected chi connectivity index (χ3v) is 5.32. The van der Waals surface area contributed by atoms with Crippen LogP contribution < -0.4 is 0 Å². The number of hydrogen-bond acceptors (Lipinski definition) is 3. The highest BCUT2D eigenvalue weighted by molar-refractivity contribution is 7.91. The first-order chi connectivity index (χ1) is 6.62. The minimum atomic E-state index is -3.16. The van der Waals surface area contributed by atoms with Crippen molar-refractivity contribution in [2.24, 2.45) is 4.99 Å². The molecular weight excluding hydrogens is 327 g/mol. The largest absolute Gasteiger partial charge is 0.267 e. The Morgan fingerprint density at radius 1 is 1.27 bits per heavy atom. The fraction of sp³-hybridized carbons (Fsp3) is 0.833. The minimum Gasteiger partial charge on any atom is -0.267 e. The molecule has 0 aromatic rings.